The van der Waals surface area contributed by atoms with E-state index in [1.807, 2.05) is 0 Å². The molecular formula is C15H13ClFNO3. The molecule has 0 saturated heterocycles. The zero-order chi connectivity index (χ0) is 15.8. The monoisotopic (exact) mass is 309 g/mol. The second kappa shape index (κ2) is 5.42. The predicted molar refractivity (Wildman–Crippen MR) is 76.9 cm³/mol. The summed E-state index contributed by atoms with van der Waals surface area (Å²) in [7, 11) is 0. The van der Waals surface area contributed by atoms with E-state index in [2.05, 4.69) is 4.98 Å². The van der Waals surface area contributed by atoms with E-state index in [1.165, 1.54) is 26.0 Å². The topological polar surface area (TPSA) is 70.4 Å². The van der Waals surface area contributed by atoms with Crippen molar-refractivity contribution in [1.29, 1.82) is 0 Å². The molecule has 0 spiro atoms. The number of nitrogens with zero attached hydrogens (tertiary/aromatic N) is 1. The lowest BCUT2D eigenvalue weighted by Gasteiger charge is -2.19. The Morgan fingerprint density at radius 2 is 2.00 bits per heavy atom. The Bertz CT molecular complexity index is 711. The summed E-state index contributed by atoms with van der Waals surface area (Å²) in [5.74, 6) is -1.05. The molecule has 0 aliphatic heterocycles. The van der Waals surface area contributed by atoms with Gasteiger partial charge >= 0.3 is 0 Å². The molecule has 2 rings (SSSR count). The smallest absolute Gasteiger partial charge is 0.153 e. The molecule has 0 bridgehead atoms. The number of hydrogen-bond acceptors (Lipinski definition) is 4. The molecule has 0 saturated carbocycles. The Morgan fingerprint density at radius 1 is 1.33 bits per heavy atom. The number of halogens is 2. The van der Waals surface area contributed by atoms with Crippen molar-refractivity contribution in [2.24, 2.45) is 0 Å². The van der Waals surface area contributed by atoms with Crippen molar-refractivity contribution in [2.75, 3.05) is 0 Å². The second-order valence-electron chi connectivity index (χ2n) is 5.09. The molecule has 0 unspecified atom stereocenters. The van der Waals surface area contributed by atoms with Crippen molar-refractivity contribution >= 4 is 17.9 Å². The first-order chi connectivity index (χ1) is 9.74. The Kier molecular flexibility index (Phi) is 3.98. The molecular weight excluding hydrogens is 297 g/mol. The summed E-state index contributed by atoms with van der Waals surface area (Å²) in [5.41, 5.74) is -1.04. The lowest BCUT2D eigenvalue weighted by molar-refractivity contribution is 0.0741. The molecule has 0 aliphatic rings. The fraction of sp³-hybridized carbons (Fsp3) is 0.200. The van der Waals surface area contributed by atoms with Gasteiger partial charge in [0.2, 0.25) is 0 Å². The maximum atomic E-state index is 14.0. The molecule has 0 fully saturated rings. The number of carbonyl (C=O) groups is 1. The molecule has 6 heteroatoms. The minimum absolute atomic E-state index is 0.0141. The van der Waals surface area contributed by atoms with Crippen LogP contribution in [0.2, 0.25) is 5.02 Å². The van der Waals surface area contributed by atoms with Crippen LogP contribution in [0.15, 0.2) is 24.3 Å². The molecule has 0 radical (unpaired) electrons. The van der Waals surface area contributed by atoms with Gasteiger partial charge in [-0.1, -0.05) is 11.6 Å². The largest absolute Gasteiger partial charge is 0.507 e. The lowest BCUT2D eigenvalue weighted by atomic mass is 10.0. The highest BCUT2D eigenvalue weighted by Crippen LogP contribution is 2.32. The first kappa shape index (κ1) is 15.4. The SMILES string of the molecule is CC(C)(O)c1nc(-c2cc(O)c(C=O)cc2F)ccc1Cl. The predicted octanol–water partition coefficient (Wildman–Crippen LogP) is 3.29. The number of pyridine rings is 1. The molecule has 1 heterocycles. The Balaban J connectivity index is 2.63. The number of aromatic nitrogens is 1. The first-order valence-electron chi connectivity index (χ1n) is 6.11. The summed E-state index contributed by atoms with van der Waals surface area (Å²) in [6.45, 7) is 3.02. The van der Waals surface area contributed by atoms with Crippen LogP contribution < -0.4 is 0 Å². The van der Waals surface area contributed by atoms with Crippen molar-refractivity contribution in [1.82, 2.24) is 4.98 Å². The van der Waals surface area contributed by atoms with Gasteiger partial charge in [0.25, 0.3) is 0 Å². The fourth-order valence-electron chi connectivity index (χ4n) is 1.89. The lowest BCUT2D eigenvalue weighted by Crippen LogP contribution is -2.18. The van der Waals surface area contributed by atoms with Crippen LogP contribution in [-0.4, -0.2) is 21.5 Å². The molecule has 1 aromatic carbocycles. The number of aromatic hydroxyl groups is 1. The molecule has 2 aromatic rings. The van der Waals surface area contributed by atoms with Gasteiger partial charge in [-0.05, 0) is 38.1 Å². The van der Waals surface area contributed by atoms with E-state index in [0.717, 1.165) is 12.1 Å². The van der Waals surface area contributed by atoms with Gasteiger partial charge in [0.15, 0.2) is 6.29 Å². The van der Waals surface area contributed by atoms with E-state index in [9.17, 15) is 19.4 Å². The summed E-state index contributed by atoms with van der Waals surface area (Å²) < 4.78 is 14.0. The second-order valence-corrected chi connectivity index (χ2v) is 5.50. The number of rotatable bonds is 3. The van der Waals surface area contributed by atoms with Gasteiger partial charge in [-0.3, -0.25) is 4.79 Å². The summed E-state index contributed by atoms with van der Waals surface area (Å²) >= 11 is 5.98. The Morgan fingerprint density at radius 3 is 2.57 bits per heavy atom. The number of hydrogen-bond donors (Lipinski definition) is 2. The van der Waals surface area contributed by atoms with Crippen LogP contribution in [0.1, 0.15) is 29.9 Å². The third-order valence-electron chi connectivity index (χ3n) is 2.94. The quantitative estimate of drug-likeness (QED) is 0.854. The van der Waals surface area contributed by atoms with Crippen LogP contribution in [-0.2, 0) is 5.60 Å². The van der Waals surface area contributed by atoms with Gasteiger partial charge < -0.3 is 10.2 Å². The summed E-state index contributed by atoms with van der Waals surface area (Å²) in [6, 6.07) is 5.00. The number of carbonyl (C=O) groups excluding carboxylic acids is 1. The van der Waals surface area contributed by atoms with Gasteiger partial charge in [0, 0.05) is 5.56 Å². The van der Waals surface area contributed by atoms with Crippen molar-refractivity contribution < 1.29 is 19.4 Å². The molecule has 1 aromatic heterocycles. The Labute approximate surface area is 125 Å². The highest BCUT2D eigenvalue weighted by Gasteiger charge is 2.23. The van der Waals surface area contributed by atoms with Gasteiger partial charge in [0.05, 0.1) is 22.0 Å². The normalized spacial score (nSPS) is 11.5. The fourth-order valence-corrected chi connectivity index (χ4v) is 2.23. The summed E-state index contributed by atoms with van der Waals surface area (Å²) in [6.07, 6.45) is 0.361. The van der Waals surface area contributed by atoms with Crippen molar-refractivity contribution in [3.8, 4) is 17.0 Å². The van der Waals surface area contributed by atoms with E-state index in [0.29, 0.717) is 6.29 Å². The average molecular weight is 310 g/mol. The van der Waals surface area contributed by atoms with E-state index in [4.69, 9.17) is 11.6 Å². The van der Waals surface area contributed by atoms with Crippen LogP contribution in [0.3, 0.4) is 0 Å². The highest BCUT2D eigenvalue weighted by molar-refractivity contribution is 6.31. The summed E-state index contributed by atoms with van der Waals surface area (Å²) in [4.78, 5) is 14.8. The first-order valence-corrected chi connectivity index (χ1v) is 6.49. The Hall–Kier alpha value is -1.98. The molecule has 2 N–H and O–H groups in total. The van der Waals surface area contributed by atoms with Gasteiger partial charge in [-0.15, -0.1) is 0 Å². The average Bonchev–Trinajstić information content (AvgIpc) is 2.40. The number of aliphatic hydroxyl groups is 1. The maximum absolute atomic E-state index is 14.0. The molecule has 0 amide bonds. The van der Waals surface area contributed by atoms with Crippen molar-refractivity contribution in [2.45, 2.75) is 19.4 Å². The van der Waals surface area contributed by atoms with E-state index in [-0.39, 0.29) is 33.3 Å². The summed E-state index contributed by atoms with van der Waals surface area (Å²) in [5, 5.41) is 19.9. The molecule has 0 atom stereocenters. The number of aldehydes is 1. The number of phenols is 1. The standard InChI is InChI=1S/C15H13ClFNO3/c1-15(2,21)14-10(16)3-4-12(18-14)9-6-13(20)8(7-19)5-11(9)17/h3-7,20-21H,1-2H3. The van der Waals surface area contributed by atoms with E-state index >= 15 is 0 Å². The van der Waals surface area contributed by atoms with Gasteiger partial charge in [-0.25, -0.2) is 9.37 Å². The zero-order valence-corrected chi connectivity index (χ0v) is 12.1. The minimum atomic E-state index is -1.30. The van der Waals surface area contributed by atoms with Crippen LogP contribution in [0.5, 0.6) is 5.75 Å². The van der Waals surface area contributed by atoms with Crippen LogP contribution in [0.4, 0.5) is 4.39 Å². The molecule has 21 heavy (non-hydrogen) atoms. The molecule has 0 aliphatic carbocycles. The van der Waals surface area contributed by atoms with E-state index < -0.39 is 11.4 Å². The van der Waals surface area contributed by atoms with Crippen molar-refractivity contribution in [3.05, 3.63) is 46.4 Å². The van der Waals surface area contributed by atoms with Gasteiger partial charge in [-0.2, -0.15) is 0 Å². The maximum Gasteiger partial charge on any atom is 0.153 e. The minimum Gasteiger partial charge on any atom is -0.507 e. The van der Waals surface area contributed by atoms with E-state index in [1.54, 1.807) is 0 Å². The molecule has 110 valence electrons. The zero-order valence-electron chi connectivity index (χ0n) is 11.4. The number of benzene rings is 1. The highest BCUT2D eigenvalue weighted by atomic mass is 35.5. The van der Waals surface area contributed by atoms with Crippen LogP contribution >= 0.6 is 11.6 Å². The van der Waals surface area contributed by atoms with Crippen LogP contribution in [0.25, 0.3) is 11.3 Å². The third-order valence-corrected chi connectivity index (χ3v) is 3.25. The third kappa shape index (κ3) is 3.04. The number of phenolic OH excluding ortho intramolecular Hbond substituents is 1. The molecule has 4 nitrogen and oxygen atoms in total. The van der Waals surface area contributed by atoms with Gasteiger partial charge in [0.1, 0.15) is 17.2 Å². The van der Waals surface area contributed by atoms with Crippen LogP contribution in [0, 0.1) is 5.82 Å². The van der Waals surface area contributed by atoms with Crippen molar-refractivity contribution in [3.63, 3.8) is 0 Å².